The Morgan fingerprint density at radius 3 is 2.00 bits per heavy atom. The predicted molar refractivity (Wildman–Crippen MR) is 76.4 cm³/mol. The van der Waals surface area contributed by atoms with Crippen LogP contribution in [0.25, 0.3) is 0 Å². The van der Waals surface area contributed by atoms with Crippen LogP contribution in [0.5, 0.6) is 0 Å². The van der Waals surface area contributed by atoms with Crippen LogP contribution in [-0.2, 0) is 16.6 Å². The Bertz CT molecular complexity index is 366. The minimum absolute atomic E-state index is 0. The van der Waals surface area contributed by atoms with Crippen LogP contribution in [0, 0.1) is 5.92 Å². The van der Waals surface area contributed by atoms with Gasteiger partial charge in [-0.2, -0.15) is 0 Å². The molecule has 1 atom stereocenters. The molecule has 0 fully saturated rings. The Hall–Kier alpha value is -0.753. The van der Waals surface area contributed by atoms with Gasteiger partial charge in [-0.05, 0) is 23.0 Å². The van der Waals surface area contributed by atoms with E-state index in [-0.39, 0.29) is 35.7 Å². The molecule has 1 rings (SSSR count). The van der Waals surface area contributed by atoms with Gasteiger partial charge in [-0.15, -0.1) is 0 Å². The molecule has 0 saturated carbocycles. The van der Waals surface area contributed by atoms with Crippen molar-refractivity contribution in [2.45, 2.75) is 39.5 Å². The molecule has 1 aromatic carbocycles. The van der Waals surface area contributed by atoms with Gasteiger partial charge < -0.3 is 10.6 Å². The average molecular weight is 246 g/mol. The molecule has 1 unspecified atom stereocenters. The molecule has 0 bridgehead atoms. The van der Waals surface area contributed by atoms with Gasteiger partial charge in [-0.25, -0.2) is 0 Å². The third-order valence-corrected chi connectivity index (χ3v) is 2.78. The van der Waals surface area contributed by atoms with Crippen molar-refractivity contribution >= 4 is 24.8 Å². The SMILES string of the molecule is CC(Cc1ccc(C(C)(C)C)cc1)C(=O)O.O.[LiH]. The van der Waals surface area contributed by atoms with Crippen molar-refractivity contribution in [1.82, 2.24) is 0 Å². The molecular weight excluding hydrogens is 223 g/mol. The van der Waals surface area contributed by atoms with Gasteiger partial charge in [-0.1, -0.05) is 52.0 Å². The fourth-order valence-corrected chi connectivity index (χ4v) is 1.58. The van der Waals surface area contributed by atoms with Crippen molar-refractivity contribution in [3.05, 3.63) is 35.4 Å². The molecule has 3 nitrogen and oxygen atoms in total. The topological polar surface area (TPSA) is 68.8 Å². The molecule has 0 radical (unpaired) electrons. The molecule has 4 heteroatoms. The van der Waals surface area contributed by atoms with E-state index < -0.39 is 5.97 Å². The summed E-state index contributed by atoms with van der Waals surface area (Å²) >= 11 is 0. The second kappa shape index (κ2) is 7.63. The molecule has 0 aliphatic rings. The standard InChI is InChI=1S/C14H20O2.Li.H2O.H/c1-10(13(15)16)9-11-5-7-12(8-6-11)14(2,3)4;;;/h5-8,10H,9H2,1-4H3,(H,15,16);;1H2;. The maximum absolute atomic E-state index is 10.7. The molecule has 0 aliphatic heterocycles. The van der Waals surface area contributed by atoms with E-state index in [1.54, 1.807) is 6.92 Å². The summed E-state index contributed by atoms with van der Waals surface area (Å²) in [6.07, 6.45) is 0.597. The number of carboxylic acid groups (broad SMARTS) is 1. The Labute approximate surface area is 121 Å². The fourth-order valence-electron chi connectivity index (χ4n) is 1.58. The molecule has 18 heavy (non-hydrogen) atoms. The zero-order chi connectivity index (χ0) is 12.3. The first-order valence-corrected chi connectivity index (χ1v) is 5.63. The van der Waals surface area contributed by atoms with Crippen LogP contribution in [0.2, 0.25) is 0 Å². The van der Waals surface area contributed by atoms with E-state index in [0.717, 1.165) is 5.56 Å². The van der Waals surface area contributed by atoms with Crippen molar-refractivity contribution in [2.75, 3.05) is 0 Å². The Kier molecular flexibility index (Phi) is 8.30. The van der Waals surface area contributed by atoms with Gasteiger partial charge in [0.1, 0.15) is 0 Å². The van der Waals surface area contributed by atoms with Gasteiger partial charge in [0.2, 0.25) is 0 Å². The summed E-state index contributed by atoms with van der Waals surface area (Å²) < 4.78 is 0. The number of hydrogen-bond acceptors (Lipinski definition) is 1. The number of carboxylic acids is 1. The molecule has 3 N–H and O–H groups in total. The molecule has 0 amide bonds. The average Bonchev–Trinajstić information content (AvgIpc) is 2.17. The van der Waals surface area contributed by atoms with Crippen LogP contribution in [0.3, 0.4) is 0 Å². The molecule has 0 heterocycles. The summed E-state index contributed by atoms with van der Waals surface area (Å²) in [6, 6.07) is 8.23. The predicted octanol–water partition coefficient (Wildman–Crippen LogP) is 1.77. The molecule has 0 spiro atoms. The number of rotatable bonds is 3. The van der Waals surface area contributed by atoms with Crippen molar-refractivity contribution in [1.29, 1.82) is 0 Å². The van der Waals surface area contributed by atoms with Gasteiger partial charge in [-0.3, -0.25) is 4.79 Å². The molecule has 0 aromatic heterocycles. The van der Waals surface area contributed by atoms with Gasteiger partial charge in [0, 0.05) is 0 Å². The van der Waals surface area contributed by atoms with Crippen LogP contribution in [0.15, 0.2) is 24.3 Å². The first-order chi connectivity index (χ1) is 7.30. The van der Waals surface area contributed by atoms with Gasteiger partial charge in [0.25, 0.3) is 0 Å². The quantitative estimate of drug-likeness (QED) is 0.826. The molecular formula is C14H23LiO3. The van der Waals surface area contributed by atoms with E-state index in [0.29, 0.717) is 6.42 Å². The summed E-state index contributed by atoms with van der Waals surface area (Å²) in [7, 11) is 0. The number of benzene rings is 1. The van der Waals surface area contributed by atoms with Gasteiger partial charge in [0.15, 0.2) is 0 Å². The second-order valence-electron chi connectivity index (χ2n) is 5.39. The van der Waals surface area contributed by atoms with Crippen molar-refractivity contribution in [3.63, 3.8) is 0 Å². The molecule has 1 aromatic rings. The molecule has 0 saturated heterocycles. The molecule has 0 aliphatic carbocycles. The van der Waals surface area contributed by atoms with E-state index in [4.69, 9.17) is 5.11 Å². The monoisotopic (exact) mass is 246 g/mol. The summed E-state index contributed by atoms with van der Waals surface area (Å²) in [5, 5.41) is 8.83. The van der Waals surface area contributed by atoms with E-state index >= 15 is 0 Å². The summed E-state index contributed by atoms with van der Waals surface area (Å²) in [5.41, 5.74) is 2.51. The Morgan fingerprint density at radius 2 is 1.67 bits per heavy atom. The van der Waals surface area contributed by atoms with Crippen molar-refractivity contribution in [2.24, 2.45) is 5.92 Å². The fraction of sp³-hybridized carbons (Fsp3) is 0.500. The first kappa shape index (κ1) is 19.6. The number of aliphatic carboxylic acids is 1. The normalized spacial score (nSPS) is 12.0. The van der Waals surface area contributed by atoms with E-state index in [2.05, 4.69) is 32.9 Å². The maximum atomic E-state index is 10.7. The summed E-state index contributed by atoms with van der Waals surface area (Å²) in [4.78, 5) is 10.7. The van der Waals surface area contributed by atoms with Crippen molar-refractivity contribution < 1.29 is 15.4 Å². The van der Waals surface area contributed by atoms with Gasteiger partial charge in [0.05, 0.1) is 5.92 Å². The van der Waals surface area contributed by atoms with Crippen LogP contribution in [0.1, 0.15) is 38.8 Å². The molecule has 98 valence electrons. The van der Waals surface area contributed by atoms with Crippen molar-refractivity contribution in [3.8, 4) is 0 Å². The summed E-state index contributed by atoms with van der Waals surface area (Å²) in [5.74, 6) is -1.06. The van der Waals surface area contributed by atoms with Crippen LogP contribution in [-0.4, -0.2) is 35.4 Å². The Morgan fingerprint density at radius 1 is 1.22 bits per heavy atom. The second-order valence-corrected chi connectivity index (χ2v) is 5.39. The van der Waals surface area contributed by atoms with Crippen LogP contribution in [0.4, 0.5) is 0 Å². The zero-order valence-corrected chi connectivity index (χ0v) is 10.9. The number of carbonyl (C=O) groups is 1. The summed E-state index contributed by atoms with van der Waals surface area (Å²) in [6.45, 7) is 8.24. The number of hydrogen-bond donors (Lipinski definition) is 1. The van der Waals surface area contributed by atoms with E-state index in [9.17, 15) is 4.79 Å². The first-order valence-electron chi connectivity index (χ1n) is 5.63. The zero-order valence-electron chi connectivity index (χ0n) is 10.9. The third-order valence-electron chi connectivity index (χ3n) is 2.78. The van der Waals surface area contributed by atoms with Crippen LogP contribution >= 0.6 is 0 Å². The third kappa shape index (κ3) is 5.73. The van der Waals surface area contributed by atoms with E-state index in [1.807, 2.05) is 12.1 Å². The Balaban J connectivity index is 0. The van der Waals surface area contributed by atoms with Crippen LogP contribution < -0.4 is 0 Å². The van der Waals surface area contributed by atoms with Gasteiger partial charge >= 0.3 is 24.8 Å². The minimum atomic E-state index is -0.736. The van der Waals surface area contributed by atoms with E-state index in [1.165, 1.54) is 5.56 Å².